The predicted octanol–water partition coefficient (Wildman–Crippen LogP) is 7.85. The van der Waals surface area contributed by atoms with Gasteiger partial charge in [0.25, 0.3) is 0 Å². The summed E-state index contributed by atoms with van der Waals surface area (Å²) in [7, 11) is 2.89. The Kier molecular flexibility index (Phi) is 17.8. The summed E-state index contributed by atoms with van der Waals surface area (Å²) in [5.41, 5.74) is 1.99. The zero-order valence-electron chi connectivity index (χ0n) is 33.4. The van der Waals surface area contributed by atoms with Crippen LogP contribution in [-0.2, 0) is 51.2 Å². The van der Waals surface area contributed by atoms with E-state index >= 15 is 0 Å². The van der Waals surface area contributed by atoms with Gasteiger partial charge < -0.3 is 38.2 Å². The van der Waals surface area contributed by atoms with E-state index in [-0.39, 0.29) is 48.5 Å². The number of hydrogen-bond acceptors (Lipinski definition) is 10. The van der Waals surface area contributed by atoms with Crippen molar-refractivity contribution in [1.82, 2.24) is 9.80 Å². The Bertz CT molecular complexity index is 1350. The summed E-state index contributed by atoms with van der Waals surface area (Å²) in [5.74, 6) is 0.619. The fourth-order valence-corrected chi connectivity index (χ4v) is 8.10. The van der Waals surface area contributed by atoms with Crippen molar-refractivity contribution in [3.05, 3.63) is 71.8 Å². The first-order valence-corrected chi connectivity index (χ1v) is 20.6. The molecule has 12 nitrogen and oxygen atoms in total. The largest absolute Gasteiger partial charge is 0.469 e. The van der Waals surface area contributed by atoms with Crippen molar-refractivity contribution in [3.63, 3.8) is 0 Å². The number of likely N-dealkylation sites (tertiary alicyclic amines) is 2. The fraction of sp³-hybridized carbons (Fsp3) is 0.636. The molecule has 308 valence electrons. The van der Waals surface area contributed by atoms with Crippen molar-refractivity contribution >= 4 is 24.1 Å². The third-order valence-electron chi connectivity index (χ3n) is 11.5. The number of esters is 2. The van der Waals surface area contributed by atoms with Crippen LogP contribution in [0.5, 0.6) is 0 Å². The van der Waals surface area contributed by atoms with Crippen LogP contribution >= 0.6 is 0 Å². The predicted molar refractivity (Wildman–Crippen MR) is 209 cm³/mol. The van der Waals surface area contributed by atoms with Gasteiger partial charge in [-0.05, 0) is 100 Å². The second-order valence-corrected chi connectivity index (χ2v) is 15.6. The lowest BCUT2D eigenvalue weighted by molar-refractivity contribution is -0.143. The number of carbonyl (C=O) groups excluding carboxylic acids is 4. The molecule has 6 rings (SSSR count). The molecule has 0 spiro atoms. The first-order valence-electron chi connectivity index (χ1n) is 20.6. The van der Waals surface area contributed by atoms with E-state index in [0.29, 0.717) is 64.1 Å². The lowest BCUT2D eigenvalue weighted by Gasteiger charge is -2.35. The van der Waals surface area contributed by atoms with Gasteiger partial charge in [-0.2, -0.15) is 0 Å². The van der Waals surface area contributed by atoms with Crippen LogP contribution in [0.15, 0.2) is 60.7 Å². The fourth-order valence-electron chi connectivity index (χ4n) is 8.10. The Morgan fingerprint density at radius 3 is 1.12 bits per heavy atom. The number of hydrogen-bond donors (Lipinski definition) is 0. The summed E-state index contributed by atoms with van der Waals surface area (Å²) in [4.78, 5) is 50.8. The molecule has 12 heteroatoms. The highest BCUT2D eigenvalue weighted by Crippen LogP contribution is 2.32. The summed E-state index contributed by atoms with van der Waals surface area (Å²) in [5, 5.41) is 0. The quantitative estimate of drug-likeness (QED) is 0.155. The number of ether oxygens (including phenoxy) is 6. The first-order chi connectivity index (χ1) is 27.3. The highest BCUT2D eigenvalue weighted by molar-refractivity contribution is 5.70. The van der Waals surface area contributed by atoms with Gasteiger partial charge in [0.2, 0.25) is 0 Å². The van der Waals surface area contributed by atoms with Crippen molar-refractivity contribution < 1.29 is 47.6 Å². The monoisotopic (exact) mass is 778 g/mol. The molecule has 0 atom stereocenters. The zero-order chi connectivity index (χ0) is 39.5. The topological polar surface area (TPSA) is 130 Å². The van der Waals surface area contributed by atoms with Crippen LogP contribution in [0.1, 0.15) is 101 Å². The number of benzene rings is 2. The Hall–Kier alpha value is -4.16. The van der Waals surface area contributed by atoms with Gasteiger partial charge in [-0.15, -0.1) is 0 Å². The van der Waals surface area contributed by atoms with Crippen LogP contribution in [0.4, 0.5) is 9.59 Å². The molecule has 2 saturated heterocycles. The number of nitrogens with zero attached hydrogens (tertiary/aromatic N) is 2. The van der Waals surface area contributed by atoms with Crippen LogP contribution in [0.2, 0.25) is 0 Å². The molecule has 4 fully saturated rings. The lowest BCUT2D eigenvalue weighted by atomic mass is 9.85. The molecule has 2 aromatic rings. The van der Waals surface area contributed by atoms with E-state index in [1.54, 1.807) is 9.80 Å². The number of carbonyl (C=O) groups is 4. The molecule has 2 aromatic carbocycles. The van der Waals surface area contributed by atoms with E-state index in [2.05, 4.69) is 0 Å². The molecule has 2 aliphatic carbocycles. The second kappa shape index (κ2) is 23.2. The van der Waals surface area contributed by atoms with E-state index in [1.165, 1.54) is 14.2 Å². The molecule has 56 heavy (non-hydrogen) atoms. The van der Waals surface area contributed by atoms with E-state index in [4.69, 9.17) is 28.4 Å². The van der Waals surface area contributed by atoms with Gasteiger partial charge in [-0.3, -0.25) is 9.59 Å². The molecular weight excluding hydrogens is 716 g/mol. The number of piperidine rings is 2. The molecule has 4 aliphatic rings. The maximum atomic E-state index is 12.2. The zero-order valence-corrected chi connectivity index (χ0v) is 33.4. The summed E-state index contributed by atoms with van der Waals surface area (Å²) in [6, 6.07) is 19.5. The summed E-state index contributed by atoms with van der Waals surface area (Å²) < 4.78 is 32.9. The van der Waals surface area contributed by atoms with Crippen molar-refractivity contribution in [2.24, 2.45) is 11.8 Å². The van der Waals surface area contributed by atoms with Crippen molar-refractivity contribution in [1.29, 1.82) is 0 Å². The van der Waals surface area contributed by atoms with Gasteiger partial charge in [0, 0.05) is 39.0 Å². The van der Waals surface area contributed by atoms with Gasteiger partial charge in [-0.25, -0.2) is 9.59 Å². The van der Waals surface area contributed by atoms with E-state index in [1.807, 2.05) is 60.7 Å². The van der Waals surface area contributed by atoms with Crippen LogP contribution in [0, 0.1) is 11.8 Å². The molecule has 2 amide bonds. The molecule has 0 N–H and O–H groups in total. The average molecular weight is 779 g/mol. The highest BCUT2D eigenvalue weighted by atomic mass is 16.6. The highest BCUT2D eigenvalue weighted by Gasteiger charge is 2.31. The minimum Gasteiger partial charge on any atom is -0.469 e. The molecule has 0 unspecified atom stereocenters. The summed E-state index contributed by atoms with van der Waals surface area (Å²) >= 11 is 0. The smallest absolute Gasteiger partial charge is 0.410 e. The maximum absolute atomic E-state index is 12.2. The van der Waals surface area contributed by atoms with Crippen LogP contribution < -0.4 is 0 Å². The lowest BCUT2D eigenvalue weighted by Crippen LogP contribution is -2.42. The van der Waals surface area contributed by atoms with Gasteiger partial charge in [-0.1, -0.05) is 60.7 Å². The Balaban J connectivity index is 0.000000214. The summed E-state index contributed by atoms with van der Waals surface area (Å²) in [6.45, 7) is 3.33. The molecular formula is C44H62N2O10. The third-order valence-corrected chi connectivity index (χ3v) is 11.5. The molecule has 2 aliphatic heterocycles. The molecule has 2 heterocycles. The molecule has 0 aromatic heterocycles. The number of methoxy groups -OCH3 is 2. The minimum absolute atomic E-state index is 0.115. The van der Waals surface area contributed by atoms with Gasteiger partial charge >= 0.3 is 24.1 Å². The SMILES string of the molecule is COC(=O)CC1CCC(OC2CCN(C(=O)OCc3ccccc3)CC2)CC1.COC(=O)CC1CCC(OC2CCN(C(=O)OCc3ccccc3)CC2)CC1. The standard InChI is InChI=1S/2C22H31NO5/c2*1-26-21(24)15-17-7-9-19(10-8-17)28-20-11-13-23(14-12-20)22(25)27-16-18-5-3-2-4-6-18/h2*2-6,17,19-20H,7-16H2,1H3. The Morgan fingerprint density at radius 2 is 0.804 bits per heavy atom. The van der Waals surface area contributed by atoms with Crippen LogP contribution in [0.25, 0.3) is 0 Å². The molecule has 0 radical (unpaired) electrons. The third kappa shape index (κ3) is 14.7. The molecule has 2 saturated carbocycles. The van der Waals surface area contributed by atoms with Gasteiger partial charge in [0.1, 0.15) is 13.2 Å². The number of amides is 2. The summed E-state index contributed by atoms with van der Waals surface area (Å²) in [6.07, 6.45) is 13.0. The Morgan fingerprint density at radius 1 is 0.482 bits per heavy atom. The van der Waals surface area contributed by atoms with Crippen molar-refractivity contribution in [3.8, 4) is 0 Å². The van der Waals surface area contributed by atoms with E-state index < -0.39 is 0 Å². The van der Waals surface area contributed by atoms with Gasteiger partial charge in [0.05, 0.1) is 38.6 Å². The number of rotatable bonds is 12. The van der Waals surface area contributed by atoms with Gasteiger partial charge in [0.15, 0.2) is 0 Å². The normalized spacial score (nSPS) is 23.2. The minimum atomic E-state index is -0.245. The van der Waals surface area contributed by atoms with Crippen molar-refractivity contribution in [2.75, 3.05) is 40.4 Å². The van der Waals surface area contributed by atoms with E-state index in [9.17, 15) is 19.2 Å². The van der Waals surface area contributed by atoms with Crippen LogP contribution in [-0.4, -0.2) is 98.7 Å². The van der Waals surface area contributed by atoms with Crippen molar-refractivity contribution in [2.45, 2.75) is 128 Å². The molecule has 0 bridgehead atoms. The van der Waals surface area contributed by atoms with Crippen LogP contribution in [0.3, 0.4) is 0 Å². The second-order valence-electron chi connectivity index (χ2n) is 15.6. The Labute approximate surface area is 332 Å². The average Bonchev–Trinajstić information content (AvgIpc) is 3.24. The van der Waals surface area contributed by atoms with E-state index in [0.717, 1.165) is 88.2 Å². The maximum Gasteiger partial charge on any atom is 0.410 e. The first kappa shape index (κ1) is 43.0.